The van der Waals surface area contributed by atoms with Crippen LogP contribution in [0.4, 0.5) is 35.0 Å². The molecule has 0 saturated carbocycles. The van der Waals surface area contributed by atoms with Crippen LogP contribution in [0.3, 0.4) is 0 Å². The first-order valence-electron chi connectivity index (χ1n) is 7.62. The highest BCUT2D eigenvalue weighted by atomic mass is 19.2. The molecule has 3 rings (SSSR count). The van der Waals surface area contributed by atoms with Gasteiger partial charge in [0.1, 0.15) is 5.82 Å². The van der Waals surface area contributed by atoms with Gasteiger partial charge in [0.25, 0.3) is 0 Å². The molecule has 134 valence electrons. The van der Waals surface area contributed by atoms with Crippen molar-refractivity contribution in [2.75, 3.05) is 17.2 Å². The molecule has 3 aromatic rings. The molecule has 0 spiro atoms. The van der Waals surface area contributed by atoms with E-state index in [1.807, 2.05) is 0 Å². The van der Waals surface area contributed by atoms with Crippen molar-refractivity contribution in [3.05, 3.63) is 71.4 Å². The number of nitrogens with one attached hydrogen (secondary N) is 2. The molecule has 0 unspecified atom stereocenters. The lowest BCUT2D eigenvalue weighted by Crippen LogP contribution is -2.10. The Labute approximate surface area is 146 Å². The van der Waals surface area contributed by atoms with Crippen molar-refractivity contribution < 1.29 is 17.6 Å². The van der Waals surface area contributed by atoms with Gasteiger partial charge in [0.15, 0.2) is 23.3 Å². The average molecular weight is 363 g/mol. The van der Waals surface area contributed by atoms with Gasteiger partial charge in [0, 0.05) is 6.54 Å². The first-order valence-corrected chi connectivity index (χ1v) is 7.62. The van der Waals surface area contributed by atoms with Crippen LogP contribution in [-0.2, 0) is 6.42 Å². The first kappa shape index (κ1) is 17.6. The van der Waals surface area contributed by atoms with Crippen molar-refractivity contribution in [1.29, 1.82) is 0 Å². The summed E-state index contributed by atoms with van der Waals surface area (Å²) in [5.41, 5.74) is 0.221. The minimum absolute atomic E-state index is 0.106. The molecule has 1 heterocycles. The summed E-state index contributed by atoms with van der Waals surface area (Å²) in [6.45, 7) is 0.374. The number of aromatic nitrogens is 3. The van der Waals surface area contributed by atoms with E-state index < -0.39 is 17.5 Å². The van der Waals surface area contributed by atoms with Gasteiger partial charge in [-0.25, -0.2) is 17.6 Å². The SMILES string of the molecule is Fc1ccccc1CCNc1cnnc(Nc2ccc(F)c(F)c2F)n1. The summed E-state index contributed by atoms with van der Waals surface area (Å²) >= 11 is 0. The van der Waals surface area contributed by atoms with Crippen molar-refractivity contribution in [3.8, 4) is 0 Å². The summed E-state index contributed by atoms with van der Waals surface area (Å²) in [5, 5.41) is 12.7. The highest BCUT2D eigenvalue weighted by Crippen LogP contribution is 2.22. The van der Waals surface area contributed by atoms with Gasteiger partial charge in [-0.3, -0.25) is 0 Å². The number of nitrogens with zero attached hydrogens (tertiary/aromatic N) is 3. The summed E-state index contributed by atoms with van der Waals surface area (Å²) in [6.07, 6.45) is 1.74. The van der Waals surface area contributed by atoms with Crippen LogP contribution in [0.1, 0.15) is 5.56 Å². The van der Waals surface area contributed by atoms with Gasteiger partial charge in [-0.1, -0.05) is 18.2 Å². The number of benzene rings is 2. The van der Waals surface area contributed by atoms with Gasteiger partial charge in [-0.15, -0.1) is 5.10 Å². The maximum absolute atomic E-state index is 13.7. The average Bonchev–Trinajstić information content (AvgIpc) is 2.64. The molecule has 0 radical (unpaired) electrons. The maximum atomic E-state index is 13.7. The summed E-state index contributed by atoms with van der Waals surface area (Å²) < 4.78 is 53.4. The van der Waals surface area contributed by atoms with E-state index in [-0.39, 0.29) is 17.5 Å². The van der Waals surface area contributed by atoms with Crippen LogP contribution < -0.4 is 10.6 Å². The fourth-order valence-electron chi connectivity index (χ4n) is 2.21. The number of anilines is 3. The normalized spacial score (nSPS) is 10.6. The Morgan fingerprint density at radius 2 is 1.69 bits per heavy atom. The first-order chi connectivity index (χ1) is 12.5. The van der Waals surface area contributed by atoms with E-state index in [9.17, 15) is 17.6 Å². The highest BCUT2D eigenvalue weighted by Gasteiger charge is 2.14. The molecule has 0 aliphatic heterocycles. The molecular weight excluding hydrogens is 350 g/mol. The zero-order valence-corrected chi connectivity index (χ0v) is 13.3. The zero-order valence-electron chi connectivity index (χ0n) is 13.3. The fourth-order valence-corrected chi connectivity index (χ4v) is 2.21. The van der Waals surface area contributed by atoms with Crippen LogP contribution in [0.25, 0.3) is 0 Å². The minimum Gasteiger partial charge on any atom is -0.368 e. The second-order valence-corrected chi connectivity index (χ2v) is 5.28. The Kier molecular flexibility index (Phi) is 5.26. The third-order valence-corrected chi connectivity index (χ3v) is 3.50. The molecule has 0 bridgehead atoms. The molecule has 0 aliphatic carbocycles. The van der Waals surface area contributed by atoms with Gasteiger partial charge >= 0.3 is 0 Å². The zero-order chi connectivity index (χ0) is 18.5. The third-order valence-electron chi connectivity index (χ3n) is 3.50. The van der Waals surface area contributed by atoms with Gasteiger partial charge in [0.05, 0.1) is 11.9 Å². The Balaban J connectivity index is 1.65. The lowest BCUT2D eigenvalue weighted by atomic mass is 10.1. The topological polar surface area (TPSA) is 62.7 Å². The van der Waals surface area contributed by atoms with E-state index in [1.165, 1.54) is 12.3 Å². The van der Waals surface area contributed by atoms with Crippen molar-refractivity contribution in [2.24, 2.45) is 0 Å². The van der Waals surface area contributed by atoms with Crippen LogP contribution in [0, 0.1) is 23.3 Å². The van der Waals surface area contributed by atoms with E-state index in [2.05, 4.69) is 25.8 Å². The molecule has 0 fully saturated rings. The summed E-state index contributed by atoms with van der Waals surface area (Å²) in [7, 11) is 0. The van der Waals surface area contributed by atoms with Crippen LogP contribution >= 0.6 is 0 Å². The molecule has 0 aliphatic rings. The van der Waals surface area contributed by atoms with Crippen LogP contribution in [0.2, 0.25) is 0 Å². The molecule has 0 amide bonds. The predicted molar refractivity (Wildman–Crippen MR) is 88.0 cm³/mol. The summed E-state index contributed by atoms with van der Waals surface area (Å²) in [4.78, 5) is 4.04. The number of rotatable bonds is 6. The quantitative estimate of drug-likeness (QED) is 0.515. The van der Waals surface area contributed by atoms with Crippen LogP contribution in [0.15, 0.2) is 42.6 Å². The second-order valence-electron chi connectivity index (χ2n) is 5.28. The molecule has 5 nitrogen and oxygen atoms in total. The Morgan fingerprint density at radius 3 is 2.50 bits per heavy atom. The molecular formula is C17H13F4N5. The molecule has 2 N–H and O–H groups in total. The van der Waals surface area contributed by atoms with Gasteiger partial charge in [-0.05, 0) is 30.2 Å². The van der Waals surface area contributed by atoms with Crippen LogP contribution in [0.5, 0.6) is 0 Å². The molecule has 26 heavy (non-hydrogen) atoms. The van der Waals surface area contributed by atoms with Crippen molar-refractivity contribution in [1.82, 2.24) is 15.2 Å². The van der Waals surface area contributed by atoms with E-state index in [0.29, 0.717) is 24.3 Å². The highest BCUT2D eigenvalue weighted by molar-refractivity contribution is 5.55. The smallest absolute Gasteiger partial charge is 0.249 e. The Morgan fingerprint density at radius 1 is 0.885 bits per heavy atom. The van der Waals surface area contributed by atoms with Gasteiger partial charge < -0.3 is 10.6 Å². The number of halogens is 4. The van der Waals surface area contributed by atoms with Crippen molar-refractivity contribution in [2.45, 2.75) is 6.42 Å². The molecule has 1 aromatic heterocycles. The molecule has 0 saturated heterocycles. The molecule has 2 aromatic carbocycles. The second kappa shape index (κ2) is 7.77. The Hall–Kier alpha value is -3.23. The fraction of sp³-hybridized carbons (Fsp3) is 0.118. The molecule has 0 atom stereocenters. The molecule has 9 heteroatoms. The standard InChI is InChI=1S/C17H13F4N5/c18-11-4-2-1-3-10(11)7-8-22-14-9-23-26-17(25-14)24-13-6-5-12(19)15(20)16(13)21/h1-6,9H,7-8H2,(H2,22,24,25,26). The van der Waals surface area contributed by atoms with Gasteiger partial charge in [-0.2, -0.15) is 10.1 Å². The minimum atomic E-state index is -1.60. The summed E-state index contributed by atoms with van der Waals surface area (Å²) in [5.74, 6) is -4.37. The summed E-state index contributed by atoms with van der Waals surface area (Å²) in [6, 6.07) is 8.20. The lowest BCUT2D eigenvalue weighted by molar-refractivity contribution is 0.449. The largest absolute Gasteiger partial charge is 0.368 e. The number of hydrogen-bond donors (Lipinski definition) is 2. The van der Waals surface area contributed by atoms with Gasteiger partial charge in [0.2, 0.25) is 5.95 Å². The predicted octanol–water partition coefficient (Wildman–Crippen LogP) is 3.83. The third kappa shape index (κ3) is 4.05. The van der Waals surface area contributed by atoms with E-state index in [0.717, 1.165) is 12.1 Å². The van der Waals surface area contributed by atoms with Crippen molar-refractivity contribution in [3.63, 3.8) is 0 Å². The van der Waals surface area contributed by atoms with Crippen LogP contribution in [-0.4, -0.2) is 21.7 Å². The van der Waals surface area contributed by atoms with E-state index in [1.54, 1.807) is 18.2 Å². The van der Waals surface area contributed by atoms with Crippen molar-refractivity contribution >= 4 is 17.5 Å². The lowest BCUT2D eigenvalue weighted by Gasteiger charge is -2.09. The number of hydrogen-bond acceptors (Lipinski definition) is 5. The monoisotopic (exact) mass is 363 g/mol. The van der Waals surface area contributed by atoms with E-state index >= 15 is 0 Å². The van der Waals surface area contributed by atoms with E-state index in [4.69, 9.17) is 0 Å². The maximum Gasteiger partial charge on any atom is 0.249 e. The Bertz CT molecular complexity index is 919.